The van der Waals surface area contributed by atoms with Crippen LogP contribution in [-0.4, -0.2) is 7.11 Å². The first kappa shape index (κ1) is 22.8. The maximum absolute atomic E-state index is 7.13. The molecule has 4 heteroatoms. The Bertz CT molecular complexity index is 1490. The number of ether oxygens (including phenoxy) is 2. The van der Waals surface area contributed by atoms with Crippen LogP contribution in [0.4, 0.5) is 0 Å². The molecule has 0 amide bonds. The van der Waals surface area contributed by atoms with Crippen LogP contribution in [0.5, 0.6) is 11.5 Å². The predicted octanol–water partition coefficient (Wildman–Crippen LogP) is 7.28. The van der Waals surface area contributed by atoms with Crippen molar-refractivity contribution in [1.29, 1.82) is 0 Å². The van der Waals surface area contributed by atoms with Crippen molar-refractivity contribution in [2.45, 2.75) is 20.1 Å². The van der Waals surface area contributed by atoms with Crippen LogP contribution in [-0.2, 0) is 18.0 Å². The van der Waals surface area contributed by atoms with Gasteiger partial charge in [-0.3, -0.25) is 0 Å². The first-order valence-corrected chi connectivity index (χ1v) is 13.4. The van der Waals surface area contributed by atoms with Crippen LogP contribution in [0.3, 0.4) is 0 Å². The molecule has 5 aromatic carbocycles. The minimum absolute atomic E-state index is 0.610. The van der Waals surface area contributed by atoms with E-state index in [2.05, 4.69) is 97.9 Å². The zero-order valence-electron chi connectivity index (χ0n) is 20.4. The molecule has 6 rings (SSSR count). The lowest BCUT2D eigenvalue weighted by molar-refractivity contribution is 0.134. The van der Waals surface area contributed by atoms with Crippen LogP contribution in [0.1, 0.15) is 16.7 Å². The number of rotatable bonds is 6. The van der Waals surface area contributed by atoms with Crippen LogP contribution >= 0.6 is 8.15 Å². The molecule has 0 aromatic heterocycles. The third kappa shape index (κ3) is 4.05. The largest absolute Gasteiger partial charge is 0.496 e. The molecule has 36 heavy (non-hydrogen) atoms. The summed E-state index contributed by atoms with van der Waals surface area (Å²) in [6.45, 7) is 3.38. The summed E-state index contributed by atoms with van der Waals surface area (Å²) in [6.07, 6.45) is 0. The second-order valence-electron chi connectivity index (χ2n) is 8.93. The quantitative estimate of drug-likeness (QED) is 0.234. The standard InChI is InChI=1S/C32H27O3P/c1-22-29-21-34-20-24(29)19-28(31-27-16-10-9-11-23(27)17-18-30(31)33-2)32(22)35-36(25-12-5-3-6-13-25)26-14-7-4-8-15-26/h3-19H,20-21H2,1-2H3. The van der Waals surface area contributed by atoms with Crippen molar-refractivity contribution in [3.05, 3.63) is 120 Å². The van der Waals surface area contributed by atoms with Crippen LogP contribution in [0.2, 0.25) is 0 Å². The lowest BCUT2D eigenvalue weighted by atomic mass is 9.91. The smallest absolute Gasteiger partial charge is 0.150 e. The third-order valence-electron chi connectivity index (χ3n) is 6.79. The van der Waals surface area contributed by atoms with Gasteiger partial charge in [-0.05, 0) is 46.5 Å². The van der Waals surface area contributed by atoms with Gasteiger partial charge in [0.2, 0.25) is 0 Å². The Hall–Kier alpha value is -3.65. The van der Waals surface area contributed by atoms with Gasteiger partial charge in [0.1, 0.15) is 11.5 Å². The normalized spacial score (nSPS) is 12.6. The van der Waals surface area contributed by atoms with Gasteiger partial charge in [0.25, 0.3) is 0 Å². The molecule has 0 fully saturated rings. The highest BCUT2D eigenvalue weighted by atomic mass is 31.1. The Morgan fingerprint density at radius 2 is 1.42 bits per heavy atom. The first-order chi connectivity index (χ1) is 17.7. The molecule has 0 saturated heterocycles. The minimum atomic E-state index is -1.10. The Kier molecular flexibility index (Phi) is 6.19. The molecule has 5 aromatic rings. The van der Waals surface area contributed by atoms with Gasteiger partial charge in [-0.1, -0.05) is 91.0 Å². The molecule has 1 heterocycles. The van der Waals surface area contributed by atoms with Crippen molar-refractivity contribution >= 4 is 29.5 Å². The summed E-state index contributed by atoms with van der Waals surface area (Å²) in [6, 6.07) is 35.9. The molecule has 0 bridgehead atoms. The molecule has 0 radical (unpaired) electrons. The Labute approximate surface area is 213 Å². The van der Waals surface area contributed by atoms with Crippen molar-refractivity contribution in [1.82, 2.24) is 0 Å². The van der Waals surface area contributed by atoms with E-state index in [9.17, 15) is 0 Å². The summed E-state index contributed by atoms with van der Waals surface area (Å²) < 4.78 is 18.9. The van der Waals surface area contributed by atoms with Crippen LogP contribution in [0, 0.1) is 6.92 Å². The Balaban J connectivity index is 1.61. The summed E-state index contributed by atoms with van der Waals surface area (Å²) in [5.74, 6) is 1.73. The third-order valence-corrected chi connectivity index (χ3v) is 8.69. The highest BCUT2D eigenvalue weighted by Crippen LogP contribution is 2.49. The predicted molar refractivity (Wildman–Crippen MR) is 149 cm³/mol. The van der Waals surface area contributed by atoms with Gasteiger partial charge in [0, 0.05) is 21.7 Å². The molecule has 0 saturated carbocycles. The zero-order valence-corrected chi connectivity index (χ0v) is 21.3. The Morgan fingerprint density at radius 1 is 0.750 bits per heavy atom. The molecule has 0 spiro atoms. The van der Waals surface area contributed by atoms with E-state index in [1.807, 2.05) is 12.1 Å². The van der Waals surface area contributed by atoms with Crippen molar-refractivity contribution in [2.75, 3.05) is 7.11 Å². The average molecular weight is 491 g/mol. The van der Waals surface area contributed by atoms with Crippen molar-refractivity contribution in [2.24, 2.45) is 0 Å². The SMILES string of the molecule is COc1ccc2ccccc2c1-c1cc2c(c(C)c1OP(c1ccccc1)c1ccccc1)COC2. The summed E-state index contributed by atoms with van der Waals surface area (Å²) >= 11 is 0. The van der Waals surface area contributed by atoms with Crippen LogP contribution in [0.15, 0.2) is 103 Å². The fraction of sp³-hybridized carbons (Fsp3) is 0.125. The van der Waals surface area contributed by atoms with E-state index in [1.54, 1.807) is 7.11 Å². The molecule has 0 N–H and O–H groups in total. The molecule has 1 aliphatic heterocycles. The molecule has 0 atom stereocenters. The molecule has 178 valence electrons. The highest BCUT2D eigenvalue weighted by molar-refractivity contribution is 7.68. The molecule has 0 aliphatic carbocycles. The fourth-order valence-electron chi connectivity index (χ4n) is 4.97. The molecule has 1 aliphatic rings. The number of benzene rings is 5. The maximum Gasteiger partial charge on any atom is 0.150 e. The minimum Gasteiger partial charge on any atom is -0.496 e. The van der Waals surface area contributed by atoms with E-state index in [4.69, 9.17) is 14.0 Å². The number of hydrogen-bond donors (Lipinski definition) is 0. The summed E-state index contributed by atoms with van der Waals surface area (Å²) in [4.78, 5) is 0. The molecular weight excluding hydrogens is 463 g/mol. The Morgan fingerprint density at radius 3 is 2.11 bits per heavy atom. The summed E-state index contributed by atoms with van der Waals surface area (Å²) in [7, 11) is 0.639. The maximum atomic E-state index is 7.13. The second kappa shape index (κ2) is 9.78. The molecular formula is C32H27O3P. The van der Waals surface area contributed by atoms with Gasteiger partial charge in [-0.2, -0.15) is 0 Å². The van der Waals surface area contributed by atoms with Gasteiger partial charge in [-0.25, -0.2) is 0 Å². The van der Waals surface area contributed by atoms with Gasteiger partial charge in [0.15, 0.2) is 8.15 Å². The van der Waals surface area contributed by atoms with Crippen LogP contribution < -0.4 is 19.9 Å². The van der Waals surface area contributed by atoms with Crippen LogP contribution in [0.25, 0.3) is 21.9 Å². The summed E-state index contributed by atoms with van der Waals surface area (Å²) in [5.41, 5.74) is 5.68. The number of hydrogen-bond acceptors (Lipinski definition) is 3. The van der Waals surface area contributed by atoms with Crippen molar-refractivity contribution in [3.8, 4) is 22.6 Å². The number of methoxy groups -OCH3 is 1. The number of fused-ring (bicyclic) bond motifs is 2. The highest BCUT2D eigenvalue weighted by Gasteiger charge is 2.27. The lowest BCUT2D eigenvalue weighted by Gasteiger charge is -2.25. The van der Waals surface area contributed by atoms with E-state index in [0.717, 1.165) is 33.6 Å². The van der Waals surface area contributed by atoms with Gasteiger partial charge in [-0.15, -0.1) is 0 Å². The first-order valence-electron chi connectivity index (χ1n) is 12.1. The molecule has 3 nitrogen and oxygen atoms in total. The zero-order chi connectivity index (χ0) is 24.5. The molecule has 0 unspecified atom stereocenters. The summed E-state index contributed by atoms with van der Waals surface area (Å²) in [5, 5.41) is 4.65. The average Bonchev–Trinajstić information content (AvgIpc) is 3.42. The van der Waals surface area contributed by atoms with E-state index in [1.165, 1.54) is 27.1 Å². The van der Waals surface area contributed by atoms with Gasteiger partial charge >= 0.3 is 0 Å². The topological polar surface area (TPSA) is 27.7 Å². The van der Waals surface area contributed by atoms with Crippen molar-refractivity contribution in [3.63, 3.8) is 0 Å². The van der Waals surface area contributed by atoms with E-state index in [-0.39, 0.29) is 0 Å². The van der Waals surface area contributed by atoms with E-state index < -0.39 is 8.15 Å². The van der Waals surface area contributed by atoms with Crippen molar-refractivity contribution < 1.29 is 14.0 Å². The van der Waals surface area contributed by atoms with E-state index >= 15 is 0 Å². The van der Waals surface area contributed by atoms with Gasteiger partial charge < -0.3 is 14.0 Å². The monoisotopic (exact) mass is 490 g/mol. The lowest BCUT2D eigenvalue weighted by Crippen LogP contribution is -2.16. The van der Waals surface area contributed by atoms with Gasteiger partial charge in [0.05, 0.1) is 20.3 Å². The second-order valence-corrected chi connectivity index (χ2v) is 10.7. The fourth-order valence-corrected chi connectivity index (χ4v) is 6.79. The van der Waals surface area contributed by atoms with E-state index in [0.29, 0.717) is 13.2 Å².